The number of aromatic nitrogens is 1. The molecular weight excluding hydrogens is 406 g/mol. The van der Waals surface area contributed by atoms with Crippen molar-refractivity contribution in [2.45, 2.75) is 32.1 Å². The normalized spacial score (nSPS) is 15.2. The highest BCUT2D eigenvalue weighted by Gasteiger charge is 2.34. The van der Waals surface area contributed by atoms with Gasteiger partial charge >= 0.3 is 5.97 Å². The summed E-state index contributed by atoms with van der Waals surface area (Å²) in [5.74, 6) is 0.921. The maximum Gasteiger partial charge on any atom is 0.355 e. The number of fused-ring (bicyclic) bond motifs is 1. The van der Waals surface area contributed by atoms with Gasteiger partial charge in [0.1, 0.15) is 17.2 Å². The number of hydrogen-bond donors (Lipinski definition) is 1. The van der Waals surface area contributed by atoms with Crippen molar-refractivity contribution in [1.29, 1.82) is 0 Å². The summed E-state index contributed by atoms with van der Waals surface area (Å²) in [7, 11) is 3.23. The molecule has 3 aromatic rings. The third-order valence-electron chi connectivity index (χ3n) is 5.92. The van der Waals surface area contributed by atoms with Gasteiger partial charge in [0, 0.05) is 35.6 Å². The molecule has 6 heteroatoms. The van der Waals surface area contributed by atoms with Crippen molar-refractivity contribution in [2.75, 3.05) is 20.8 Å². The standard InChI is InChI=1S/C26H27NO5/c1-4-32-26(29)25-20(12-16-8-6-5-7-9-16)24-21(27-25)13-17(14-22(24)28)19-15-18(30-2)10-11-23(19)31-3/h5-11,15,17,27H,4,12-14H2,1-3H3/t17-/m0/s1. The van der Waals surface area contributed by atoms with E-state index < -0.39 is 5.97 Å². The highest BCUT2D eigenvalue weighted by Crippen LogP contribution is 2.40. The highest BCUT2D eigenvalue weighted by atomic mass is 16.5. The number of ether oxygens (including phenoxy) is 3. The molecule has 0 aliphatic heterocycles. The Hall–Kier alpha value is -3.54. The Kier molecular flexibility index (Phi) is 6.30. The first-order chi connectivity index (χ1) is 15.5. The van der Waals surface area contributed by atoms with E-state index in [0.29, 0.717) is 47.6 Å². The van der Waals surface area contributed by atoms with Crippen LogP contribution in [0.5, 0.6) is 11.5 Å². The molecule has 0 spiro atoms. The van der Waals surface area contributed by atoms with Crippen LogP contribution in [0.15, 0.2) is 48.5 Å². The second-order valence-electron chi connectivity index (χ2n) is 7.85. The Labute approximate surface area is 187 Å². The van der Waals surface area contributed by atoms with Crippen LogP contribution in [0, 0.1) is 0 Å². The lowest BCUT2D eigenvalue weighted by atomic mass is 9.80. The van der Waals surface area contributed by atoms with Gasteiger partial charge in [0.15, 0.2) is 5.78 Å². The average Bonchev–Trinajstić information content (AvgIpc) is 3.18. The van der Waals surface area contributed by atoms with Gasteiger partial charge in [-0.2, -0.15) is 0 Å². The van der Waals surface area contributed by atoms with E-state index in [1.807, 2.05) is 48.5 Å². The predicted molar refractivity (Wildman–Crippen MR) is 121 cm³/mol. The first-order valence-electron chi connectivity index (χ1n) is 10.8. The summed E-state index contributed by atoms with van der Waals surface area (Å²) in [6.07, 6.45) is 1.41. The third-order valence-corrected chi connectivity index (χ3v) is 5.92. The van der Waals surface area contributed by atoms with Crippen LogP contribution < -0.4 is 9.47 Å². The summed E-state index contributed by atoms with van der Waals surface area (Å²) in [5.41, 5.74) is 4.42. The third kappa shape index (κ3) is 4.13. The van der Waals surface area contributed by atoms with Gasteiger partial charge in [0.05, 0.1) is 20.8 Å². The highest BCUT2D eigenvalue weighted by molar-refractivity contribution is 6.04. The lowest BCUT2D eigenvalue weighted by Crippen LogP contribution is -2.20. The first-order valence-corrected chi connectivity index (χ1v) is 10.8. The van der Waals surface area contributed by atoms with Gasteiger partial charge in [-0.05, 0) is 42.7 Å². The van der Waals surface area contributed by atoms with E-state index in [9.17, 15) is 9.59 Å². The monoisotopic (exact) mass is 433 g/mol. The number of aromatic amines is 1. The number of methoxy groups -OCH3 is 2. The zero-order chi connectivity index (χ0) is 22.7. The van der Waals surface area contributed by atoms with Crippen molar-refractivity contribution < 1.29 is 23.8 Å². The van der Waals surface area contributed by atoms with Crippen LogP contribution in [-0.4, -0.2) is 37.6 Å². The molecule has 4 rings (SSSR count). The number of nitrogens with one attached hydrogen (secondary N) is 1. The second kappa shape index (κ2) is 9.30. The summed E-state index contributed by atoms with van der Waals surface area (Å²) >= 11 is 0. The number of carbonyl (C=O) groups excluding carboxylic acids is 2. The van der Waals surface area contributed by atoms with E-state index in [2.05, 4.69) is 4.98 Å². The van der Waals surface area contributed by atoms with Crippen molar-refractivity contribution in [1.82, 2.24) is 4.98 Å². The van der Waals surface area contributed by atoms with Crippen molar-refractivity contribution in [3.63, 3.8) is 0 Å². The molecule has 0 amide bonds. The van der Waals surface area contributed by atoms with E-state index in [0.717, 1.165) is 16.8 Å². The quantitative estimate of drug-likeness (QED) is 0.546. The number of Topliss-reactive ketones (excluding diaryl/α,β-unsaturated/α-hetero) is 1. The largest absolute Gasteiger partial charge is 0.497 e. The van der Waals surface area contributed by atoms with Gasteiger partial charge < -0.3 is 19.2 Å². The maximum atomic E-state index is 13.4. The topological polar surface area (TPSA) is 77.6 Å². The minimum Gasteiger partial charge on any atom is -0.497 e. The molecule has 0 fully saturated rings. The fraction of sp³-hybridized carbons (Fsp3) is 0.308. The predicted octanol–water partition coefficient (Wildman–Crippen LogP) is 4.71. The molecule has 6 nitrogen and oxygen atoms in total. The molecule has 1 aliphatic rings. The van der Waals surface area contributed by atoms with Crippen LogP contribution in [0.3, 0.4) is 0 Å². The Balaban J connectivity index is 1.76. The molecule has 1 atom stereocenters. The SMILES string of the molecule is CCOC(=O)c1[nH]c2c(c1Cc1ccccc1)C(=O)C[C@@H](c1cc(OC)ccc1OC)C2. The van der Waals surface area contributed by atoms with Gasteiger partial charge in [0.2, 0.25) is 0 Å². The fourth-order valence-electron chi connectivity index (χ4n) is 4.46. The second-order valence-corrected chi connectivity index (χ2v) is 7.85. The van der Waals surface area contributed by atoms with Gasteiger partial charge in [-0.3, -0.25) is 4.79 Å². The van der Waals surface area contributed by atoms with Crippen molar-refractivity contribution >= 4 is 11.8 Å². The molecule has 0 saturated carbocycles. The lowest BCUT2D eigenvalue weighted by molar-refractivity contribution is 0.0519. The Morgan fingerprint density at radius 3 is 2.53 bits per heavy atom. The lowest BCUT2D eigenvalue weighted by Gasteiger charge is -2.24. The van der Waals surface area contributed by atoms with E-state index >= 15 is 0 Å². The summed E-state index contributed by atoms with van der Waals surface area (Å²) < 4.78 is 16.2. The molecule has 0 bridgehead atoms. The Bertz CT molecular complexity index is 1130. The smallest absolute Gasteiger partial charge is 0.355 e. The van der Waals surface area contributed by atoms with Crippen LogP contribution in [-0.2, 0) is 17.6 Å². The van der Waals surface area contributed by atoms with Gasteiger partial charge in [0.25, 0.3) is 0 Å². The summed E-state index contributed by atoms with van der Waals surface area (Å²) in [6.45, 7) is 2.04. The van der Waals surface area contributed by atoms with Crippen molar-refractivity contribution in [3.8, 4) is 11.5 Å². The average molecular weight is 434 g/mol. The number of ketones is 1. The van der Waals surface area contributed by atoms with E-state index in [-0.39, 0.29) is 18.3 Å². The summed E-state index contributed by atoms with van der Waals surface area (Å²) in [4.78, 5) is 29.3. The van der Waals surface area contributed by atoms with Crippen LogP contribution in [0.25, 0.3) is 0 Å². The van der Waals surface area contributed by atoms with E-state index in [4.69, 9.17) is 14.2 Å². The molecule has 0 saturated heterocycles. The molecule has 0 radical (unpaired) electrons. The number of H-pyrrole nitrogens is 1. The van der Waals surface area contributed by atoms with E-state index in [1.54, 1.807) is 21.1 Å². The summed E-state index contributed by atoms with van der Waals surface area (Å²) in [5, 5.41) is 0. The number of esters is 1. The van der Waals surface area contributed by atoms with Crippen LogP contribution in [0.4, 0.5) is 0 Å². The van der Waals surface area contributed by atoms with Crippen LogP contribution >= 0.6 is 0 Å². The van der Waals surface area contributed by atoms with Crippen molar-refractivity contribution in [3.05, 3.63) is 82.2 Å². The molecule has 1 aromatic heterocycles. The number of benzene rings is 2. The molecule has 1 heterocycles. The first kappa shape index (κ1) is 21.7. The Morgan fingerprint density at radius 1 is 1.06 bits per heavy atom. The fourth-order valence-corrected chi connectivity index (χ4v) is 4.46. The molecule has 1 N–H and O–H groups in total. The van der Waals surface area contributed by atoms with Gasteiger partial charge in [-0.15, -0.1) is 0 Å². The maximum absolute atomic E-state index is 13.4. The minimum atomic E-state index is -0.434. The molecular formula is C26H27NO5. The van der Waals surface area contributed by atoms with Gasteiger partial charge in [-0.1, -0.05) is 30.3 Å². The molecule has 2 aromatic carbocycles. The zero-order valence-electron chi connectivity index (χ0n) is 18.6. The van der Waals surface area contributed by atoms with Crippen LogP contribution in [0.1, 0.15) is 62.5 Å². The minimum absolute atomic E-state index is 0.0128. The van der Waals surface area contributed by atoms with Gasteiger partial charge in [-0.25, -0.2) is 4.79 Å². The van der Waals surface area contributed by atoms with E-state index in [1.165, 1.54) is 0 Å². The van der Waals surface area contributed by atoms with Crippen molar-refractivity contribution in [2.24, 2.45) is 0 Å². The molecule has 1 aliphatic carbocycles. The number of hydrogen-bond acceptors (Lipinski definition) is 5. The molecule has 32 heavy (non-hydrogen) atoms. The Morgan fingerprint density at radius 2 is 1.84 bits per heavy atom. The van der Waals surface area contributed by atoms with Crippen LogP contribution in [0.2, 0.25) is 0 Å². The molecule has 0 unspecified atom stereocenters. The summed E-state index contributed by atoms with van der Waals surface area (Å²) in [6, 6.07) is 15.4. The molecule has 166 valence electrons. The number of rotatable bonds is 7. The number of carbonyl (C=O) groups is 2. The zero-order valence-corrected chi connectivity index (χ0v) is 18.6.